The molecule has 0 radical (unpaired) electrons. The quantitative estimate of drug-likeness (QED) is 0.562. The minimum absolute atomic E-state index is 0.422. The van der Waals surface area contributed by atoms with Crippen LogP contribution in [0.2, 0.25) is 5.15 Å². The third-order valence-corrected chi connectivity index (χ3v) is 3.74. The largest absolute Gasteiger partial charge is 0.481 e. The summed E-state index contributed by atoms with van der Waals surface area (Å²) in [6.07, 6.45) is 6.66. The van der Waals surface area contributed by atoms with Crippen molar-refractivity contribution >= 4 is 34.4 Å². The molecule has 25 heavy (non-hydrogen) atoms. The lowest BCUT2D eigenvalue weighted by Crippen LogP contribution is -1.95. The van der Waals surface area contributed by atoms with Crippen LogP contribution in [0.4, 0.5) is 0 Å². The zero-order chi connectivity index (χ0) is 17.6. The molecule has 0 amide bonds. The summed E-state index contributed by atoms with van der Waals surface area (Å²) >= 11 is 5.94. The van der Waals surface area contributed by atoms with Crippen LogP contribution >= 0.6 is 11.6 Å². The van der Waals surface area contributed by atoms with Gasteiger partial charge in [0.2, 0.25) is 5.88 Å². The monoisotopic (exact) mass is 353 g/mol. The van der Waals surface area contributed by atoms with Gasteiger partial charge in [0, 0.05) is 42.0 Å². The summed E-state index contributed by atoms with van der Waals surface area (Å²) in [5.74, 6) is 0.573. The van der Waals surface area contributed by atoms with Gasteiger partial charge in [0.25, 0.3) is 0 Å². The predicted octanol–water partition coefficient (Wildman–Crippen LogP) is 3.26. The average Bonchev–Trinajstić information content (AvgIpc) is 2.65. The third-order valence-electron chi connectivity index (χ3n) is 3.53. The number of nitrogens with zero attached hydrogens (tertiary/aromatic N) is 4. The number of aromatic nitrogens is 3. The smallest absolute Gasteiger partial charge is 0.212 e. The van der Waals surface area contributed by atoms with Crippen molar-refractivity contribution in [2.24, 2.45) is 10.7 Å². The Morgan fingerprint density at radius 1 is 1.20 bits per heavy atom. The Morgan fingerprint density at radius 2 is 2.08 bits per heavy atom. The highest BCUT2D eigenvalue weighted by atomic mass is 35.5. The second kappa shape index (κ2) is 7.72. The maximum absolute atomic E-state index is 5.94. The van der Waals surface area contributed by atoms with Crippen LogP contribution < -0.4 is 10.5 Å². The second-order valence-electron chi connectivity index (χ2n) is 5.20. The number of methoxy groups -OCH3 is 1. The highest BCUT2D eigenvalue weighted by Crippen LogP contribution is 2.18. The van der Waals surface area contributed by atoms with Gasteiger partial charge in [-0.1, -0.05) is 17.7 Å². The molecule has 0 aliphatic heterocycles. The molecule has 6 nitrogen and oxygen atoms in total. The molecule has 126 valence electrons. The van der Waals surface area contributed by atoms with Gasteiger partial charge in [0.1, 0.15) is 5.15 Å². The maximum atomic E-state index is 5.94. The first-order valence-electron chi connectivity index (χ1n) is 7.53. The van der Waals surface area contributed by atoms with E-state index in [1.807, 2.05) is 18.2 Å². The van der Waals surface area contributed by atoms with Crippen LogP contribution in [0.25, 0.3) is 16.6 Å². The molecule has 0 aliphatic rings. The molecular formula is C18H16ClN5O. The summed E-state index contributed by atoms with van der Waals surface area (Å²) in [6.45, 7) is 0.486. The van der Waals surface area contributed by atoms with Gasteiger partial charge in [-0.05, 0) is 23.8 Å². The van der Waals surface area contributed by atoms with E-state index in [2.05, 4.69) is 19.9 Å². The summed E-state index contributed by atoms with van der Waals surface area (Å²) in [6, 6.07) is 9.13. The molecule has 0 fully saturated rings. The predicted molar refractivity (Wildman–Crippen MR) is 99.7 cm³/mol. The van der Waals surface area contributed by atoms with E-state index in [9.17, 15) is 0 Å². The number of allylic oxidation sites excluding steroid dienone is 1. The van der Waals surface area contributed by atoms with E-state index < -0.39 is 0 Å². The fourth-order valence-electron chi connectivity index (χ4n) is 2.23. The topological polar surface area (TPSA) is 86.3 Å². The first kappa shape index (κ1) is 16.9. The van der Waals surface area contributed by atoms with E-state index in [4.69, 9.17) is 22.1 Å². The molecule has 3 aromatic rings. The number of pyridine rings is 3. The Bertz CT molecular complexity index is 938. The molecule has 0 unspecified atom stereocenters. The molecule has 0 aliphatic carbocycles. The van der Waals surface area contributed by atoms with E-state index >= 15 is 0 Å². The Morgan fingerprint density at radius 3 is 2.80 bits per heavy atom. The Labute approximate surface area is 150 Å². The van der Waals surface area contributed by atoms with E-state index in [0.29, 0.717) is 23.1 Å². The van der Waals surface area contributed by atoms with Gasteiger partial charge >= 0.3 is 0 Å². The van der Waals surface area contributed by atoms with Crippen molar-refractivity contribution in [1.29, 1.82) is 0 Å². The second-order valence-corrected chi connectivity index (χ2v) is 5.58. The Balaban J connectivity index is 1.77. The molecule has 3 heterocycles. The first-order valence-corrected chi connectivity index (χ1v) is 7.90. The third kappa shape index (κ3) is 4.10. The maximum Gasteiger partial charge on any atom is 0.212 e. The number of nitrogens with two attached hydrogens (primary N) is 1. The number of aliphatic imine (C=N–C) groups is 1. The number of hydrogen-bond donors (Lipinski definition) is 1. The molecule has 0 atom stereocenters. The number of fused-ring (bicyclic) bond motifs is 1. The molecule has 7 heteroatoms. The van der Waals surface area contributed by atoms with E-state index in [1.54, 1.807) is 37.9 Å². The molecule has 0 saturated heterocycles. The molecule has 3 rings (SSSR count). The fourth-order valence-corrected chi connectivity index (χ4v) is 2.38. The van der Waals surface area contributed by atoms with Crippen LogP contribution in [0, 0.1) is 0 Å². The molecule has 0 bridgehead atoms. The summed E-state index contributed by atoms with van der Waals surface area (Å²) < 4.78 is 5.03. The normalized spacial score (nSPS) is 12.0. The van der Waals surface area contributed by atoms with Crippen LogP contribution in [-0.2, 0) is 6.54 Å². The molecule has 0 aromatic carbocycles. The number of ether oxygens (including phenoxy) is 1. The van der Waals surface area contributed by atoms with Crippen molar-refractivity contribution in [2.45, 2.75) is 6.54 Å². The van der Waals surface area contributed by atoms with Gasteiger partial charge in [-0.25, -0.2) is 9.97 Å². The first-order chi connectivity index (χ1) is 12.2. The van der Waals surface area contributed by atoms with Gasteiger partial charge in [0.05, 0.1) is 24.7 Å². The van der Waals surface area contributed by atoms with E-state index in [1.165, 1.54) is 6.20 Å². The van der Waals surface area contributed by atoms with Crippen molar-refractivity contribution in [1.82, 2.24) is 15.0 Å². The standard InChI is InChI=1S/C18H16ClN5O/c1-25-18-5-2-12(9-23-18)8-21-10-14(7-20)13-6-16-15(22-11-13)3-4-17(19)24-16/h2-7,9-11H,8,20H2,1H3. The van der Waals surface area contributed by atoms with Gasteiger partial charge < -0.3 is 10.5 Å². The van der Waals surface area contributed by atoms with Crippen LogP contribution in [-0.4, -0.2) is 28.3 Å². The summed E-state index contributed by atoms with van der Waals surface area (Å²) in [7, 11) is 1.58. The van der Waals surface area contributed by atoms with Crippen molar-refractivity contribution in [2.75, 3.05) is 7.11 Å². The van der Waals surface area contributed by atoms with Crippen molar-refractivity contribution in [3.05, 3.63) is 65.2 Å². The fraction of sp³-hybridized carbons (Fsp3) is 0.111. The van der Waals surface area contributed by atoms with Crippen molar-refractivity contribution in [3.8, 4) is 5.88 Å². The SMILES string of the molecule is COc1ccc(CN=CC(=CN)c2cnc3ccc(Cl)nc3c2)cn1. The summed E-state index contributed by atoms with van der Waals surface area (Å²) in [5.41, 5.74) is 9.75. The van der Waals surface area contributed by atoms with Crippen LogP contribution in [0.15, 0.2) is 53.9 Å². The number of halogens is 1. The van der Waals surface area contributed by atoms with Crippen molar-refractivity contribution in [3.63, 3.8) is 0 Å². The minimum atomic E-state index is 0.422. The molecule has 2 N–H and O–H groups in total. The van der Waals surface area contributed by atoms with Crippen molar-refractivity contribution < 1.29 is 4.74 Å². The number of rotatable bonds is 5. The highest BCUT2D eigenvalue weighted by Gasteiger charge is 2.04. The minimum Gasteiger partial charge on any atom is -0.481 e. The zero-order valence-corrected chi connectivity index (χ0v) is 14.3. The van der Waals surface area contributed by atoms with Gasteiger partial charge in [-0.3, -0.25) is 9.98 Å². The summed E-state index contributed by atoms with van der Waals surface area (Å²) in [4.78, 5) is 17.2. The van der Waals surface area contributed by atoms with Crippen LogP contribution in [0.1, 0.15) is 11.1 Å². The highest BCUT2D eigenvalue weighted by molar-refractivity contribution is 6.29. The van der Waals surface area contributed by atoms with Gasteiger partial charge in [-0.2, -0.15) is 0 Å². The lowest BCUT2D eigenvalue weighted by Gasteiger charge is -2.04. The summed E-state index contributed by atoms with van der Waals surface area (Å²) in [5, 5.41) is 0.422. The van der Waals surface area contributed by atoms with Gasteiger partial charge in [-0.15, -0.1) is 0 Å². The van der Waals surface area contributed by atoms with Crippen LogP contribution in [0.3, 0.4) is 0 Å². The van der Waals surface area contributed by atoms with Gasteiger partial charge in [0.15, 0.2) is 0 Å². The Kier molecular flexibility index (Phi) is 5.20. The Hall–Kier alpha value is -2.99. The molecule has 0 saturated carbocycles. The molecular weight excluding hydrogens is 338 g/mol. The lowest BCUT2D eigenvalue weighted by atomic mass is 10.1. The molecule has 3 aromatic heterocycles. The number of hydrogen-bond acceptors (Lipinski definition) is 6. The van der Waals surface area contributed by atoms with E-state index in [-0.39, 0.29) is 0 Å². The van der Waals surface area contributed by atoms with E-state index in [0.717, 1.165) is 22.2 Å². The average molecular weight is 354 g/mol. The zero-order valence-electron chi connectivity index (χ0n) is 13.6. The lowest BCUT2D eigenvalue weighted by molar-refractivity contribution is 0.397. The van der Waals surface area contributed by atoms with Crippen LogP contribution in [0.5, 0.6) is 5.88 Å². The molecule has 0 spiro atoms.